The van der Waals surface area contributed by atoms with Crippen molar-refractivity contribution in [1.29, 1.82) is 0 Å². The monoisotopic (exact) mass is 224 g/mol. The zero-order valence-corrected chi connectivity index (χ0v) is 11.4. The van der Waals surface area contributed by atoms with Crippen molar-refractivity contribution in [2.45, 2.75) is 58.2 Å². The van der Waals surface area contributed by atoms with Crippen LogP contribution in [0.25, 0.3) is 0 Å². The van der Waals surface area contributed by atoms with Crippen molar-refractivity contribution >= 4 is 8.32 Å². The van der Waals surface area contributed by atoms with Gasteiger partial charge in [-0.25, -0.2) is 0 Å². The van der Waals surface area contributed by atoms with E-state index < -0.39 is 8.32 Å². The lowest BCUT2D eigenvalue weighted by atomic mass is 9.73. The van der Waals surface area contributed by atoms with E-state index in [1.807, 2.05) is 0 Å². The average molecular weight is 224 g/mol. The molecule has 1 fully saturated rings. The summed E-state index contributed by atoms with van der Waals surface area (Å²) in [4.78, 5) is 0. The highest BCUT2D eigenvalue weighted by molar-refractivity contribution is 6.70. The van der Waals surface area contributed by atoms with Crippen LogP contribution in [0.3, 0.4) is 0 Å². The second-order valence-corrected chi connectivity index (χ2v) is 10.5. The predicted molar refractivity (Wildman–Crippen MR) is 67.2 cm³/mol. The van der Waals surface area contributed by atoms with Crippen LogP contribution in [-0.2, 0) is 4.43 Å². The maximum atomic E-state index is 6.25. The Kier molecular flexibility index (Phi) is 3.24. The molecule has 0 unspecified atom stereocenters. The molecule has 0 heterocycles. The third-order valence-electron chi connectivity index (χ3n) is 3.58. The third kappa shape index (κ3) is 2.87. The van der Waals surface area contributed by atoms with Gasteiger partial charge in [-0.2, -0.15) is 0 Å². The largest absolute Gasteiger partial charge is 0.547 e. The van der Waals surface area contributed by atoms with E-state index >= 15 is 0 Å². The third-order valence-corrected chi connectivity index (χ3v) is 4.43. The topological polar surface area (TPSA) is 9.23 Å². The number of hydrogen-bond acceptors (Lipinski definition) is 1. The highest BCUT2D eigenvalue weighted by Gasteiger charge is 2.33. The fraction of sp³-hybridized carbons (Fsp3) is 0.846. The lowest BCUT2D eigenvalue weighted by molar-refractivity contribution is 0.184. The number of fused-ring (bicyclic) bond motifs is 1. The molecule has 86 valence electrons. The Labute approximate surface area is 95.0 Å². The van der Waals surface area contributed by atoms with Crippen LogP contribution in [0.15, 0.2) is 11.8 Å². The van der Waals surface area contributed by atoms with Gasteiger partial charge < -0.3 is 4.43 Å². The van der Waals surface area contributed by atoms with Gasteiger partial charge >= 0.3 is 0 Å². The van der Waals surface area contributed by atoms with Gasteiger partial charge in [0, 0.05) is 5.92 Å². The lowest BCUT2D eigenvalue weighted by Gasteiger charge is -2.38. The van der Waals surface area contributed by atoms with Crippen molar-refractivity contribution in [3.8, 4) is 0 Å². The van der Waals surface area contributed by atoms with E-state index in [4.69, 9.17) is 4.43 Å². The second-order valence-electron chi connectivity index (χ2n) is 6.05. The molecule has 2 heteroatoms. The minimum Gasteiger partial charge on any atom is -0.547 e. The van der Waals surface area contributed by atoms with Gasteiger partial charge in [0.25, 0.3) is 0 Å². The van der Waals surface area contributed by atoms with Crippen molar-refractivity contribution in [3.05, 3.63) is 11.8 Å². The first-order chi connectivity index (χ1) is 7.06. The van der Waals surface area contributed by atoms with Gasteiger partial charge in [0.1, 0.15) is 0 Å². The van der Waals surface area contributed by atoms with Gasteiger partial charge in [0.15, 0.2) is 0 Å². The molecule has 0 amide bonds. The van der Waals surface area contributed by atoms with Crippen molar-refractivity contribution in [1.82, 2.24) is 0 Å². The lowest BCUT2D eigenvalue weighted by Crippen LogP contribution is -2.32. The molecular formula is C13H24OSi. The van der Waals surface area contributed by atoms with Gasteiger partial charge in [0.2, 0.25) is 8.32 Å². The van der Waals surface area contributed by atoms with Gasteiger partial charge in [-0.15, -0.1) is 0 Å². The van der Waals surface area contributed by atoms with Gasteiger partial charge in [-0.3, -0.25) is 0 Å². The Balaban J connectivity index is 2.06. The Bertz CT molecular complexity index is 252. The summed E-state index contributed by atoms with van der Waals surface area (Å²) in [6, 6.07) is 0. The van der Waals surface area contributed by atoms with E-state index in [2.05, 4.69) is 25.7 Å². The molecule has 2 atom stereocenters. The van der Waals surface area contributed by atoms with Gasteiger partial charge in [0.05, 0.1) is 5.76 Å². The van der Waals surface area contributed by atoms with E-state index in [-0.39, 0.29) is 0 Å². The first-order valence-corrected chi connectivity index (χ1v) is 9.86. The molecule has 0 spiro atoms. The summed E-state index contributed by atoms with van der Waals surface area (Å²) in [7, 11) is -1.39. The summed E-state index contributed by atoms with van der Waals surface area (Å²) in [5, 5.41) is 0. The zero-order valence-electron chi connectivity index (χ0n) is 10.4. The molecule has 0 aromatic carbocycles. The fourth-order valence-electron chi connectivity index (χ4n) is 2.99. The summed E-state index contributed by atoms with van der Waals surface area (Å²) in [6.45, 7) is 6.88. The number of rotatable bonds is 2. The van der Waals surface area contributed by atoms with Crippen LogP contribution in [-0.4, -0.2) is 8.32 Å². The van der Waals surface area contributed by atoms with E-state index in [0.717, 1.165) is 11.8 Å². The average Bonchev–Trinajstić information content (AvgIpc) is 2.16. The summed E-state index contributed by atoms with van der Waals surface area (Å²) in [6.07, 6.45) is 10.7. The van der Waals surface area contributed by atoms with E-state index in [1.54, 1.807) is 0 Å². The van der Waals surface area contributed by atoms with Crippen molar-refractivity contribution in [2.75, 3.05) is 0 Å². The van der Waals surface area contributed by atoms with Crippen LogP contribution < -0.4 is 0 Å². The summed E-state index contributed by atoms with van der Waals surface area (Å²) < 4.78 is 6.25. The summed E-state index contributed by atoms with van der Waals surface area (Å²) in [5.74, 6) is 3.08. The van der Waals surface area contributed by atoms with Gasteiger partial charge in [-0.1, -0.05) is 12.8 Å². The fourth-order valence-corrected chi connectivity index (χ4v) is 3.93. The maximum Gasteiger partial charge on any atom is 0.241 e. The smallest absolute Gasteiger partial charge is 0.241 e. The highest BCUT2D eigenvalue weighted by Crippen LogP contribution is 2.42. The maximum absolute atomic E-state index is 6.25. The molecule has 0 saturated heterocycles. The van der Waals surface area contributed by atoms with Crippen LogP contribution in [0.2, 0.25) is 19.6 Å². The molecule has 0 aromatic heterocycles. The molecule has 15 heavy (non-hydrogen) atoms. The van der Waals surface area contributed by atoms with Crippen molar-refractivity contribution in [3.63, 3.8) is 0 Å². The standard InChI is InChI=1S/C13H24OSi/c1-15(2,3)14-13-10-6-8-11-7-4-5-9-12(11)13/h10-12H,4-9H2,1-3H3/t11-,12-/m1/s1. The normalized spacial score (nSPS) is 31.8. The van der Waals surface area contributed by atoms with Gasteiger partial charge in [-0.05, 0) is 57.3 Å². The Hall–Kier alpha value is -0.243. The van der Waals surface area contributed by atoms with Crippen LogP contribution >= 0.6 is 0 Å². The molecule has 2 rings (SSSR count). The predicted octanol–water partition coefficient (Wildman–Crippen LogP) is 4.32. The first kappa shape index (κ1) is 11.2. The Morgan fingerprint density at radius 2 is 1.87 bits per heavy atom. The highest BCUT2D eigenvalue weighted by atomic mass is 28.4. The molecule has 1 nitrogen and oxygen atoms in total. The first-order valence-electron chi connectivity index (χ1n) is 6.45. The summed E-state index contributed by atoms with van der Waals surface area (Å²) >= 11 is 0. The van der Waals surface area contributed by atoms with Crippen LogP contribution in [0.1, 0.15) is 38.5 Å². The summed E-state index contributed by atoms with van der Waals surface area (Å²) in [5.41, 5.74) is 0. The minimum atomic E-state index is -1.39. The molecular weight excluding hydrogens is 200 g/mol. The molecule has 0 aromatic rings. The minimum absolute atomic E-state index is 0.777. The van der Waals surface area contributed by atoms with Crippen molar-refractivity contribution in [2.24, 2.45) is 11.8 Å². The van der Waals surface area contributed by atoms with E-state index in [1.165, 1.54) is 44.3 Å². The van der Waals surface area contributed by atoms with E-state index in [0.29, 0.717) is 0 Å². The second kappa shape index (κ2) is 4.32. The Morgan fingerprint density at radius 3 is 2.60 bits per heavy atom. The number of hydrogen-bond donors (Lipinski definition) is 0. The quantitative estimate of drug-likeness (QED) is 0.635. The molecule has 0 aliphatic heterocycles. The van der Waals surface area contributed by atoms with Crippen LogP contribution in [0.4, 0.5) is 0 Å². The van der Waals surface area contributed by atoms with Crippen LogP contribution in [0, 0.1) is 11.8 Å². The zero-order chi connectivity index (χ0) is 10.9. The molecule has 0 bridgehead atoms. The molecule has 1 saturated carbocycles. The van der Waals surface area contributed by atoms with Crippen molar-refractivity contribution < 1.29 is 4.43 Å². The molecule has 0 N–H and O–H groups in total. The van der Waals surface area contributed by atoms with E-state index in [9.17, 15) is 0 Å². The number of allylic oxidation sites excluding steroid dienone is 2. The Morgan fingerprint density at radius 1 is 1.13 bits per heavy atom. The molecule has 0 radical (unpaired) electrons. The molecule has 2 aliphatic carbocycles. The molecule has 2 aliphatic rings. The van der Waals surface area contributed by atoms with Crippen LogP contribution in [0.5, 0.6) is 0 Å². The SMILES string of the molecule is C[Si](C)(C)OC1=CCC[C@H]2CCCC[C@@H]12.